The van der Waals surface area contributed by atoms with Gasteiger partial charge in [0.15, 0.2) is 0 Å². The highest BCUT2D eigenvalue weighted by molar-refractivity contribution is 9.10. The molecule has 1 aromatic carbocycles. The van der Waals surface area contributed by atoms with Crippen LogP contribution in [0, 0.1) is 17.2 Å². The smallest absolute Gasteiger partial charge is 0.0992 e. The van der Waals surface area contributed by atoms with Crippen molar-refractivity contribution in [3.63, 3.8) is 0 Å². The lowest BCUT2D eigenvalue weighted by Crippen LogP contribution is -2.33. The second kappa shape index (κ2) is 6.04. The lowest BCUT2D eigenvalue weighted by Gasteiger charge is -2.23. The van der Waals surface area contributed by atoms with Gasteiger partial charge in [0.1, 0.15) is 0 Å². The van der Waals surface area contributed by atoms with Crippen LogP contribution in [-0.2, 0) is 0 Å². The van der Waals surface area contributed by atoms with Crippen molar-refractivity contribution in [2.24, 2.45) is 5.92 Å². The average Bonchev–Trinajstić information content (AvgIpc) is 2.37. The van der Waals surface area contributed by atoms with Gasteiger partial charge in [0.25, 0.3) is 0 Å². The van der Waals surface area contributed by atoms with Gasteiger partial charge in [-0.2, -0.15) is 5.26 Å². The molecule has 90 valence electrons. The predicted octanol–water partition coefficient (Wildman–Crippen LogP) is 2.73. The minimum absolute atomic E-state index is 0.684. The third-order valence-corrected chi connectivity index (χ3v) is 3.48. The van der Waals surface area contributed by atoms with Gasteiger partial charge in [-0.25, -0.2) is 0 Å². The Labute approximate surface area is 110 Å². The van der Waals surface area contributed by atoms with Crippen molar-refractivity contribution >= 4 is 21.6 Å². The first kappa shape index (κ1) is 12.4. The van der Waals surface area contributed by atoms with Gasteiger partial charge in [-0.3, -0.25) is 0 Å². The van der Waals surface area contributed by atoms with E-state index in [4.69, 9.17) is 5.26 Å². The highest BCUT2D eigenvalue weighted by Crippen LogP contribution is 2.20. The molecule has 0 aromatic heterocycles. The lowest BCUT2D eigenvalue weighted by atomic mass is 10.00. The zero-order valence-electron chi connectivity index (χ0n) is 9.67. The Hall–Kier alpha value is -1.05. The van der Waals surface area contributed by atoms with E-state index in [1.54, 1.807) is 0 Å². The van der Waals surface area contributed by atoms with Crippen LogP contribution in [0.1, 0.15) is 18.4 Å². The minimum atomic E-state index is 0.684. The van der Waals surface area contributed by atoms with Crippen molar-refractivity contribution in [2.75, 3.05) is 25.0 Å². The maximum atomic E-state index is 8.89. The Morgan fingerprint density at radius 1 is 1.47 bits per heavy atom. The molecule has 2 N–H and O–H groups in total. The molecule has 0 amide bonds. The maximum absolute atomic E-state index is 8.89. The molecule has 1 saturated heterocycles. The maximum Gasteiger partial charge on any atom is 0.0992 e. The van der Waals surface area contributed by atoms with Crippen LogP contribution in [0.3, 0.4) is 0 Å². The summed E-state index contributed by atoms with van der Waals surface area (Å²) >= 11 is 3.42. The van der Waals surface area contributed by atoms with E-state index in [0.717, 1.165) is 29.8 Å². The summed E-state index contributed by atoms with van der Waals surface area (Å²) < 4.78 is 0.945. The first-order valence-corrected chi connectivity index (χ1v) is 6.72. The fraction of sp³-hybridized carbons (Fsp3) is 0.462. The lowest BCUT2D eigenvalue weighted by molar-refractivity contribution is 0.393. The Bertz CT molecular complexity index is 419. The number of nitrogens with zero attached hydrogens (tertiary/aromatic N) is 1. The number of nitriles is 1. The van der Waals surface area contributed by atoms with E-state index < -0.39 is 0 Å². The summed E-state index contributed by atoms with van der Waals surface area (Å²) in [5, 5.41) is 15.7. The normalized spacial score (nSPS) is 19.6. The van der Waals surface area contributed by atoms with Crippen molar-refractivity contribution in [3.05, 3.63) is 28.2 Å². The number of rotatable bonds is 3. The van der Waals surface area contributed by atoms with E-state index in [9.17, 15) is 0 Å². The fourth-order valence-electron chi connectivity index (χ4n) is 2.12. The molecular formula is C13H16BrN3. The molecule has 4 heteroatoms. The summed E-state index contributed by atoms with van der Waals surface area (Å²) in [5.74, 6) is 0.688. The number of piperidine rings is 1. The van der Waals surface area contributed by atoms with Crippen LogP contribution in [0.25, 0.3) is 0 Å². The molecule has 1 atom stereocenters. The molecule has 1 fully saturated rings. The Kier molecular flexibility index (Phi) is 4.41. The van der Waals surface area contributed by atoms with Gasteiger partial charge in [0.2, 0.25) is 0 Å². The monoisotopic (exact) mass is 293 g/mol. The Balaban J connectivity index is 1.94. The van der Waals surface area contributed by atoms with Crippen LogP contribution in [0.4, 0.5) is 5.69 Å². The van der Waals surface area contributed by atoms with Crippen LogP contribution < -0.4 is 10.6 Å². The molecule has 0 saturated carbocycles. The first-order chi connectivity index (χ1) is 8.28. The van der Waals surface area contributed by atoms with Gasteiger partial charge < -0.3 is 10.6 Å². The van der Waals surface area contributed by atoms with Crippen LogP contribution in [0.5, 0.6) is 0 Å². The zero-order chi connectivity index (χ0) is 12.1. The van der Waals surface area contributed by atoms with Gasteiger partial charge in [0, 0.05) is 16.7 Å². The summed E-state index contributed by atoms with van der Waals surface area (Å²) in [7, 11) is 0. The second-order valence-corrected chi connectivity index (χ2v) is 5.35. The summed E-state index contributed by atoms with van der Waals surface area (Å²) in [5.41, 5.74) is 1.70. The van der Waals surface area contributed by atoms with E-state index >= 15 is 0 Å². The van der Waals surface area contributed by atoms with E-state index in [1.165, 1.54) is 12.8 Å². The van der Waals surface area contributed by atoms with Gasteiger partial charge in [0.05, 0.1) is 11.6 Å². The number of hydrogen-bond acceptors (Lipinski definition) is 3. The SMILES string of the molecule is N#Cc1cc(Br)cc(NCC2CCCNC2)c1. The van der Waals surface area contributed by atoms with Crippen LogP contribution in [0.15, 0.2) is 22.7 Å². The average molecular weight is 294 g/mol. The molecule has 0 aliphatic carbocycles. The van der Waals surface area contributed by atoms with Gasteiger partial charge >= 0.3 is 0 Å². The summed E-state index contributed by atoms with van der Waals surface area (Å²) in [6.07, 6.45) is 2.54. The van der Waals surface area contributed by atoms with Crippen molar-refractivity contribution in [1.82, 2.24) is 5.32 Å². The molecule has 0 bridgehead atoms. The number of nitrogens with one attached hydrogen (secondary N) is 2. The van der Waals surface area contributed by atoms with Crippen LogP contribution in [-0.4, -0.2) is 19.6 Å². The highest BCUT2D eigenvalue weighted by Gasteiger charge is 2.12. The van der Waals surface area contributed by atoms with Crippen LogP contribution in [0.2, 0.25) is 0 Å². The molecule has 2 rings (SSSR count). The van der Waals surface area contributed by atoms with Crippen molar-refractivity contribution in [2.45, 2.75) is 12.8 Å². The Morgan fingerprint density at radius 3 is 3.06 bits per heavy atom. The topological polar surface area (TPSA) is 47.9 Å². The molecular weight excluding hydrogens is 278 g/mol. The fourth-order valence-corrected chi connectivity index (χ4v) is 2.61. The molecule has 0 radical (unpaired) electrons. The zero-order valence-corrected chi connectivity index (χ0v) is 11.3. The molecule has 1 unspecified atom stereocenters. The number of hydrogen-bond donors (Lipinski definition) is 2. The van der Waals surface area contributed by atoms with Crippen molar-refractivity contribution < 1.29 is 0 Å². The Morgan fingerprint density at radius 2 is 2.35 bits per heavy atom. The van der Waals surface area contributed by atoms with Crippen molar-refractivity contribution in [1.29, 1.82) is 5.26 Å². The minimum Gasteiger partial charge on any atom is -0.385 e. The summed E-state index contributed by atoms with van der Waals surface area (Å²) in [4.78, 5) is 0. The molecule has 0 spiro atoms. The number of anilines is 1. The van der Waals surface area contributed by atoms with Gasteiger partial charge in [-0.1, -0.05) is 15.9 Å². The van der Waals surface area contributed by atoms with E-state index in [2.05, 4.69) is 32.6 Å². The predicted molar refractivity (Wildman–Crippen MR) is 72.9 cm³/mol. The van der Waals surface area contributed by atoms with Crippen LogP contribution >= 0.6 is 15.9 Å². The van der Waals surface area contributed by atoms with E-state index in [-0.39, 0.29) is 0 Å². The summed E-state index contributed by atoms with van der Waals surface area (Å²) in [6.45, 7) is 3.20. The molecule has 1 aliphatic rings. The third kappa shape index (κ3) is 3.72. The van der Waals surface area contributed by atoms with E-state index in [0.29, 0.717) is 11.5 Å². The molecule has 1 aliphatic heterocycles. The second-order valence-electron chi connectivity index (χ2n) is 4.43. The molecule has 17 heavy (non-hydrogen) atoms. The highest BCUT2D eigenvalue weighted by atomic mass is 79.9. The van der Waals surface area contributed by atoms with E-state index in [1.807, 2.05) is 18.2 Å². The van der Waals surface area contributed by atoms with Gasteiger partial charge in [-0.05, 0) is 50.0 Å². The molecule has 3 nitrogen and oxygen atoms in total. The van der Waals surface area contributed by atoms with Crippen molar-refractivity contribution in [3.8, 4) is 6.07 Å². The summed E-state index contributed by atoms with van der Waals surface area (Å²) in [6, 6.07) is 7.89. The standard InChI is InChI=1S/C13H16BrN3/c14-12-4-11(7-15)5-13(6-12)17-9-10-2-1-3-16-8-10/h4-6,10,16-17H,1-3,8-9H2. The third-order valence-electron chi connectivity index (χ3n) is 3.02. The van der Waals surface area contributed by atoms with Gasteiger partial charge in [-0.15, -0.1) is 0 Å². The largest absolute Gasteiger partial charge is 0.385 e. The molecule has 1 heterocycles. The number of benzene rings is 1. The quantitative estimate of drug-likeness (QED) is 0.901. The first-order valence-electron chi connectivity index (χ1n) is 5.93. The molecule has 1 aromatic rings. The number of halogens is 1.